The predicted molar refractivity (Wildman–Crippen MR) is 116 cm³/mol. The minimum atomic E-state index is -0.766. The number of carbonyl (C=O) groups is 3. The van der Waals surface area contributed by atoms with Gasteiger partial charge in [0.1, 0.15) is 5.56 Å². The fraction of sp³-hybridized carbons (Fsp3) is 0.0870. The second kappa shape index (κ2) is 9.52. The van der Waals surface area contributed by atoms with Crippen molar-refractivity contribution in [3.63, 3.8) is 0 Å². The van der Waals surface area contributed by atoms with Crippen molar-refractivity contribution in [3.8, 4) is 11.3 Å². The van der Waals surface area contributed by atoms with Crippen molar-refractivity contribution >= 4 is 23.6 Å². The van der Waals surface area contributed by atoms with Gasteiger partial charge in [-0.2, -0.15) is 5.10 Å². The van der Waals surface area contributed by atoms with Crippen molar-refractivity contribution in [2.45, 2.75) is 6.54 Å². The third-order valence-corrected chi connectivity index (χ3v) is 4.57. The molecule has 9 heteroatoms. The molecule has 0 bridgehead atoms. The first-order valence-corrected chi connectivity index (χ1v) is 9.79. The first-order valence-electron chi connectivity index (χ1n) is 9.79. The Balaban J connectivity index is 1.35. The molecule has 4 aromatic rings. The molecular formula is C23H19N5O4. The van der Waals surface area contributed by atoms with Crippen LogP contribution in [0.15, 0.2) is 79.1 Å². The molecule has 2 N–H and O–H groups in total. The molecule has 0 aliphatic heterocycles. The Bertz CT molecular complexity index is 1260. The Morgan fingerprint density at radius 3 is 2.41 bits per heavy atom. The molecular weight excluding hydrogens is 410 g/mol. The van der Waals surface area contributed by atoms with Gasteiger partial charge in [0.25, 0.3) is 5.91 Å². The maximum Gasteiger partial charge on any atom is 0.344 e. The molecule has 32 heavy (non-hydrogen) atoms. The molecule has 0 saturated heterocycles. The Morgan fingerprint density at radius 1 is 0.938 bits per heavy atom. The SMILES string of the molecule is O=C(COC(=O)c1cnn2c(-c3ccccc3)ccnc12)NC(=O)NCc1ccccc1. The standard InChI is InChI=1S/C23H19N5O4/c29-20(27-23(31)25-13-16-7-3-1-4-8-16)15-32-22(30)18-14-26-28-19(11-12-24-21(18)28)17-9-5-2-6-10-17/h1-12,14H,13,15H2,(H2,25,27,29,31). The number of hydrogen-bond donors (Lipinski definition) is 2. The number of aromatic nitrogens is 3. The topological polar surface area (TPSA) is 115 Å². The molecule has 0 spiro atoms. The van der Waals surface area contributed by atoms with E-state index in [1.807, 2.05) is 60.7 Å². The number of fused-ring (bicyclic) bond motifs is 1. The smallest absolute Gasteiger partial charge is 0.344 e. The average molecular weight is 429 g/mol. The van der Waals surface area contributed by atoms with Gasteiger partial charge in [-0.3, -0.25) is 10.1 Å². The fourth-order valence-corrected chi connectivity index (χ4v) is 3.06. The van der Waals surface area contributed by atoms with E-state index in [9.17, 15) is 14.4 Å². The quantitative estimate of drug-likeness (QED) is 0.455. The van der Waals surface area contributed by atoms with E-state index in [1.54, 1.807) is 12.3 Å². The number of carbonyl (C=O) groups excluding carboxylic acids is 3. The average Bonchev–Trinajstić information content (AvgIpc) is 3.27. The van der Waals surface area contributed by atoms with Crippen LogP contribution in [0.1, 0.15) is 15.9 Å². The third kappa shape index (κ3) is 4.78. The summed E-state index contributed by atoms with van der Waals surface area (Å²) in [6.45, 7) is -0.356. The van der Waals surface area contributed by atoms with Crippen LogP contribution in [-0.4, -0.2) is 39.1 Å². The Morgan fingerprint density at radius 2 is 1.66 bits per heavy atom. The number of nitrogens with zero attached hydrogens (tertiary/aromatic N) is 3. The van der Waals surface area contributed by atoms with Crippen molar-refractivity contribution in [1.82, 2.24) is 25.2 Å². The highest BCUT2D eigenvalue weighted by Gasteiger charge is 2.19. The zero-order valence-corrected chi connectivity index (χ0v) is 16.9. The van der Waals surface area contributed by atoms with Gasteiger partial charge in [-0.05, 0) is 11.6 Å². The molecule has 2 heterocycles. The van der Waals surface area contributed by atoms with Crippen LogP contribution >= 0.6 is 0 Å². The molecule has 9 nitrogen and oxygen atoms in total. The highest BCUT2D eigenvalue weighted by molar-refractivity contribution is 5.99. The summed E-state index contributed by atoms with van der Waals surface area (Å²) in [4.78, 5) is 40.5. The van der Waals surface area contributed by atoms with Crippen molar-refractivity contribution in [3.05, 3.63) is 90.3 Å². The summed E-state index contributed by atoms with van der Waals surface area (Å²) < 4.78 is 6.57. The molecule has 2 aromatic heterocycles. The van der Waals surface area contributed by atoms with E-state index in [1.165, 1.54) is 10.7 Å². The molecule has 0 aliphatic rings. The second-order valence-electron chi connectivity index (χ2n) is 6.78. The number of nitrogens with one attached hydrogen (secondary N) is 2. The minimum Gasteiger partial charge on any atom is -0.452 e. The number of imide groups is 1. The molecule has 0 atom stereocenters. The molecule has 0 unspecified atom stereocenters. The highest BCUT2D eigenvalue weighted by Crippen LogP contribution is 2.20. The zero-order valence-electron chi connectivity index (χ0n) is 16.9. The summed E-state index contributed by atoms with van der Waals surface area (Å²) in [7, 11) is 0. The van der Waals surface area contributed by atoms with E-state index >= 15 is 0 Å². The fourth-order valence-electron chi connectivity index (χ4n) is 3.06. The highest BCUT2D eigenvalue weighted by atomic mass is 16.5. The third-order valence-electron chi connectivity index (χ3n) is 4.57. The summed E-state index contributed by atoms with van der Waals surface area (Å²) in [6.07, 6.45) is 2.90. The Kier molecular flexibility index (Phi) is 6.17. The minimum absolute atomic E-state index is 0.115. The van der Waals surface area contributed by atoms with Crippen LogP contribution in [-0.2, 0) is 16.1 Å². The van der Waals surface area contributed by atoms with Gasteiger partial charge in [0, 0.05) is 18.3 Å². The Labute approximate surface area is 183 Å². The lowest BCUT2D eigenvalue weighted by molar-refractivity contribution is -0.123. The van der Waals surface area contributed by atoms with Gasteiger partial charge in [-0.25, -0.2) is 19.1 Å². The predicted octanol–water partition coefficient (Wildman–Crippen LogP) is 2.58. The molecule has 0 aliphatic carbocycles. The summed E-state index contributed by atoms with van der Waals surface area (Å²) in [5.41, 5.74) is 2.96. The number of ether oxygens (including phenoxy) is 1. The number of esters is 1. The van der Waals surface area contributed by atoms with Crippen LogP contribution in [0.3, 0.4) is 0 Å². The van der Waals surface area contributed by atoms with E-state index in [0.29, 0.717) is 5.65 Å². The van der Waals surface area contributed by atoms with E-state index in [0.717, 1.165) is 16.8 Å². The van der Waals surface area contributed by atoms with Crippen LogP contribution in [0.25, 0.3) is 16.9 Å². The largest absolute Gasteiger partial charge is 0.452 e. The molecule has 160 valence electrons. The van der Waals surface area contributed by atoms with Crippen molar-refractivity contribution in [1.29, 1.82) is 0 Å². The first-order chi connectivity index (χ1) is 15.6. The molecule has 2 aromatic carbocycles. The van der Waals surface area contributed by atoms with Crippen LogP contribution in [0.4, 0.5) is 4.79 Å². The number of hydrogen-bond acceptors (Lipinski definition) is 6. The van der Waals surface area contributed by atoms with E-state index < -0.39 is 24.5 Å². The van der Waals surface area contributed by atoms with Crippen LogP contribution < -0.4 is 10.6 Å². The lowest BCUT2D eigenvalue weighted by Crippen LogP contribution is -2.41. The monoisotopic (exact) mass is 429 g/mol. The van der Waals surface area contributed by atoms with Gasteiger partial charge in [0.15, 0.2) is 12.3 Å². The molecule has 3 amide bonds. The van der Waals surface area contributed by atoms with E-state index in [4.69, 9.17) is 4.74 Å². The van der Waals surface area contributed by atoms with Crippen LogP contribution in [0.2, 0.25) is 0 Å². The normalized spacial score (nSPS) is 10.5. The van der Waals surface area contributed by atoms with Crippen LogP contribution in [0, 0.1) is 0 Å². The van der Waals surface area contributed by atoms with Gasteiger partial charge in [0.2, 0.25) is 0 Å². The van der Waals surface area contributed by atoms with Crippen molar-refractivity contribution < 1.29 is 19.1 Å². The molecule has 0 radical (unpaired) electrons. The van der Waals surface area contributed by atoms with E-state index in [2.05, 4.69) is 20.7 Å². The van der Waals surface area contributed by atoms with Gasteiger partial charge >= 0.3 is 12.0 Å². The lowest BCUT2D eigenvalue weighted by Gasteiger charge is -2.07. The first kappa shape index (κ1) is 20.7. The van der Waals surface area contributed by atoms with Crippen molar-refractivity contribution in [2.24, 2.45) is 0 Å². The molecule has 0 saturated carbocycles. The van der Waals surface area contributed by atoms with Gasteiger partial charge in [-0.1, -0.05) is 60.7 Å². The van der Waals surface area contributed by atoms with E-state index in [-0.39, 0.29) is 12.1 Å². The number of amides is 3. The van der Waals surface area contributed by atoms with Gasteiger partial charge in [0.05, 0.1) is 11.9 Å². The van der Waals surface area contributed by atoms with Gasteiger partial charge in [-0.15, -0.1) is 0 Å². The summed E-state index contributed by atoms with van der Waals surface area (Å²) in [5, 5.41) is 8.91. The second-order valence-corrected chi connectivity index (χ2v) is 6.78. The van der Waals surface area contributed by atoms with Gasteiger partial charge < -0.3 is 10.1 Å². The van der Waals surface area contributed by atoms with Crippen LogP contribution in [0.5, 0.6) is 0 Å². The maximum absolute atomic E-state index is 12.5. The Hall–Kier alpha value is -4.53. The van der Waals surface area contributed by atoms with Crippen molar-refractivity contribution in [2.75, 3.05) is 6.61 Å². The number of rotatable bonds is 6. The molecule has 4 rings (SSSR count). The zero-order chi connectivity index (χ0) is 22.3. The summed E-state index contributed by atoms with van der Waals surface area (Å²) in [6, 6.07) is 19.9. The summed E-state index contributed by atoms with van der Waals surface area (Å²) >= 11 is 0. The lowest BCUT2D eigenvalue weighted by atomic mass is 10.1. The maximum atomic E-state index is 12.5. The summed E-state index contributed by atoms with van der Waals surface area (Å²) in [5.74, 6) is -1.52. The number of benzene rings is 2. The molecule has 0 fully saturated rings. The number of urea groups is 1.